The minimum absolute atomic E-state index is 0.0994. The van der Waals surface area contributed by atoms with Crippen molar-refractivity contribution in [2.45, 2.75) is 13.8 Å². The summed E-state index contributed by atoms with van der Waals surface area (Å²) in [6.45, 7) is 6.83. The normalized spacial score (nSPS) is 13.4. The molecule has 1 saturated heterocycles. The molecule has 2 aromatic rings. The van der Waals surface area contributed by atoms with Crippen LogP contribution in [0.25, 0.3) is 0 Å². The van der Waals surface area contributed by atoms with E-state index in [0.29, 0.717) is 62.3 Å². The lowest BCUT2D eigenvalue weighted by atomic mass is 10.1. The number of carbonyl (C=O) groups excluding carboxylic acids is 2. The molecule has 2 amide bonds. The summed E-state index contributed by atoms with van der Waals surface area (Å²) in [6, 6.07) is 12.1. The van der Waals surface area contributed by atoms with Gasteiger partial charge in [0.15, 0.2) is 18.1 Å². The van der Waals surface area contributed by atoms with E-state index in [-0.39, 0.29) is 18.4 Å². The molecule has 2 aromatic carbocycles. The van der Waals surface area contributed by atoms with Gasteiger partial charge in [0, 0.05) is 24.3 Å². The van der Waals surface area contributed by atoms with E-state index in [9.17, 15) is 9.59 Å². The van der Waals surface area contributed by atoms with Gasteiger partial charge in [0.2, 0.25) is 0 Å². The van der Waals surface area contributed by atoms with E-state index in [2.05, 4.69) is 5.32 Å². The maximum Gasteiger partial charge on any atom is 0.260 e. The molecule has 0 aromatic heterocycles. The highest BCUT2D eigenvalue weighted by molar-refractivity contribution is 6.04. The highest BCUT2D eigenvalue weighted by Gasteiger charge is 2.19. The van der Waals surface area contributed by atoms with Crippen LogP contribution in [0.5, 0.6) is 17.2 Å². The zero-order chi connectivity index (χ0) is 22.1. The van der Waals surface area contributed by atoms with Crippen molar-refractivity contribution in [1.82, 2.24) is 4.90 Å². The number of morpholine rings is 1. The molecule has 1 N–H and O–H groups in total. The van der Waals surface area contributed by atoms with Crippen molar-refractivity contribution in [3.05, 3.63) is 48.0 Å². The van der Waals surface area contributed by atoms with Gasteiger partial charge in [0.1, 0.15) is 5.75 Å². The third kappa shape index (κ3) is 6.36. The molecule has 0 atom stereocenters. The number of carbonyl (C=O) groups is 2. The van der Waals surface area contributed by atoms with Crippen LogP contribution in [0, 0.1) is 0 Å². The molecule has 8 heteroatoms. The van der Waals surface area contributed by atoms with Crippen LogP contribution in [0.15, 0.2) is 42.5 Å². The van der Waals surface area contributed by atoms with Gasteiger partial charge in [0.05, 0.1) is 26.4 Å². The predicted octanol–water partition coefficient (Wildman–Crippen LogP) is 2.97. The Morgan fingerprint density at radius 3 is 2.32 bits per heavy atom. The fraction of sp³-hybridized carbons (Fsp3) is 0.391. The summed E-state index contributed by atoms with van der Waals surface area (Å²) in [7, 11) is 0. The zero-order valence-electron chi connectivity index (χ0n) is 17.9. The largest absolute Gasteiger partial charge is 0.494 e. The molecule has 0 spiro atoms. The minimum Gasteiger partial charge on any atom is -0.494 e. The molecule has 3 rings (SSSR count). The molecule has 1 heterocycles. The summed E-state index contributed by atoms with van der Waals surface area (Å²) in [6.07, 6.45) is 0. The quantitative estimate of drug-likeness (QED) is 0.661. The molecular formula is C23H28N2O6. The molecule has 31 heavy (non-hydrogen) atoms. The van der Waals surface area contributed by atoms with E-state index in [1.54, 1.807) is 47.4 Å². The topological polar surface area (TPSA) is 86.3 Å². The van der Waals surface area contributed by atoms with Crippen molar-refractivity contribution in [3.8, 4) is 17.2 Å². The van der Waals surface area contributed by atoms with Gasteiger partial charge in [-0.2, -0.15) is 0 Å². The molecule has 1 aliphatic heterocycles. The van der Waals surface area contributed by atoms with Crippen LogP contribution in [-0.4, -0.2) is 62.8 Å². The number of nitrogens with zero attached hydrogens (tertiary/aromatic N) is 1. The van der Waals surface area contributed by atoms with Crippen molar-refractivity contribution in [1.29, 1.82) is 0 Å². The second kappa shape index (κ2) is 11.2. The number of rotatable bonds is 9. The van der Waals surface area contributed by atoms with E-state index in [4.69, 9.17) is 18.9 Å². The number of hydrogen-bond acceptors (Lipinski definition) is 6. The summed E-state index contributed by atoms with van der Waals surface area (Å²) in [5, 5.41) is 2.85. The van der Waals surface area contributed by atoms with E-state index in [0.717, 1.165) is 5.75 Å². The highest BCUT2D eigenvalue weighted by Crippen LogP contribution is 2.29. The van der Waals surface area contributed by atoms with Crippen LogP contribution in [0.2, 0.25) is 0 Å². The Kier molecular flexibility index (Phi) is 8.12. The Morgan fingerprint density at radius 1 is 0.935 bits per heavy atom. The van der Waals surface area contributed by atoms with Gasteiger partial charge in [-0.05, 0) is 56.3 Å². The van der Waals surface area contributed by atoms with Crippen molar-refractivity contribution in [2.75, 3.05) is 51.4 Å². The Hall–Kier alpha value is -3.26. The molecule has 0 bridgehead atoms. The van der Waals surface area contributed by atoms with Crippen LogP contribution in [0.4, 0.5) is 5.69 Å². The molecule has 0 radical (unpaired) electrons. The fourth-order valence-electron chi connectivity index (χ4n) is 3.08. The Labute approximate surface area is 182 Å². The third-order valence-electron chi connectivity index (χ3n) is 4.64. The first-order chi connectivity index (χ1) is 15.1. The van der Waals surface area contributed by atoms with Gasteiger partial charge >= 0.3 is 0 Å². The van der Waals surface area contributed by atoms with Crippen LogP contribution >= 0.6 is 0 Å². The molecule has 1 aliphatic rings. The van der Waals surface area contributed by atoms with Gasteiger partial charge in [0.25, 0.3) is 11.8 Å². The first-order valence-corrected chi connectivity index (χ1v) is 10.4. The van der Waals surface area contributed by atoms with Crippen LogP contribution in [0.3, 0.4) is 0 Å². The summed E-state index contributed by atoms with van der Waals surface area (Å²) in [4.78, 5) is 26.7. The summed E-state index contributed by atoms with van der Waals surface area (Å²) >= 11 is 0. The van der Waals surface area contributed by atoms with Crippen molar-refractivity contribution in [2.24, 2.45) is 0 Å². The first kappa shape index (κ1) is 22.4. The number of nitrogens with one attached hydrogen (secondary N) is 1. The lowest BCUT2D eigenvalue weighted by Gasteiger charge is -2.26. The van der Waals surface area contributed by atoms with Gasteiger partial charge in [-0.25, -0.2) is 0 Å². The molecule has 8 nitrogen and oxygen atoms in total. The van der Waals surface area contributed by atoms with Gasteiger partial charge < -0.3 is 29.2 Å². The maximum atomic E-state index is 12.7. The molecule has 166 valence electrons. The fourth-order valence-corrected chi connectivity index (χ4v) is 3.08. The number of anilines is 1. The number of ether oxygens (including phenoxy) is 4. The van der Waals surface area contributed by atoms with Crippen molar-refractivity contribution < 1.29 is 28.5 Å². The Morgan fingerprint density at radius 2 is 1.65 bits per heavy atom. The number of amides is 2. The van der Waals surface area contributed by atoms with Crippen molar-refractivity contribution >= 4 is 17.5 Å². The molecule has 0 unspecified atom stereocenters. The lowest BCUT2D eigenvalue weighted by molar-refractivity contribution is -0.137. The molecule has 1 fully saturated rings. The summed E-state index contributed by atoms with van der Waals surface area (Å²) in [5.74, 6) is 1.19. The van der Waals surface area contributed by atoms with E-state index in [1.807, 2.05) is 13.8 Å². The Bertz CT molecular complexity index is 878. The lowest BCUT2D eigenvalue weighted by Crippen LogP contribution is -2.43. The first-order valence-electron chi connectivity index (χ1n) is 10.4. The second-order valence-electron chi connectivity index (χ2n) is 6.79. The van der Waals surface area contributed by atoms with Gasteiger partial charge in [-0.15, -0.1) is 0 Å². The van der Waals surface area contributed by atoms with Crippen LogP contribution in [-0.2, 0) is 9.53 Å². The smallest absolute Gasteiger partial charge is 0.260 e. The van der Waals surface area contributed by atoms with Crippen molar-refractivity contribution in [3.63, 3.8) is 0 Å². The molecular weight excluding hydrogens is 400 g/mol. The monoisotopic (exact) mass is 428 g/mol. The van der Waals surface area contributed by atoms with Gasteiger partial charge in [-0.3, -0.25) is 9.59 Å². The highest BCUT2D eigenvalue weighted by atomic mass is 16.5. The zero-order valence-corrected chi connectivity index (χ0v) is 17.9. The average Bonchev–Trinajstić information content (AvgIpc) is 2.80. The standard InChI is InChI=1S/C23H28N2O6/c1-3-29-19-8-6-18(7-9-19)24-23(27)17-5-10-20(21(15-17)30-4-2)31-16-22(26)25-11-13-28-14-12-25/h5-10,15H,3-4,11-14,16H2,1-2H3,(H,24,27). The van der Waals surface area contributed by atoms with Crippen LogP contribution < -0.4 is 19.5 Å². The SMILES string of the molecule is CCOc1ccc(NC(=O)c2ccc(OCC(=O)N3CCOCC3)c(OCC)c2)cc1. The second-order valence-corrected chi connectivity index (χ2v) is 6.79. The molecule has 0 aliphatic carbocycles. The third-order valence-corrected chi connectivity index (χ3v) is 4.64. The average molecular weight is 428 g/mol. The van der Waals surface area contributed by atoms with Crippen LogP contribution in [0.1, 0.15) is 24.2 Å². The Balaban J connectivity index is 1.64. The maximum absolute atomic E-state index is 12.7. The summed E-state index contributed by atoms with van der Waals surface area (Å²) < 4.78 is 22.0. The van der Waals surface area contributed by atoms with Gasteiger partial charge in [-0.1, -0.05) is 0 Å². The minimum atomic E-state index is -0.277. The number of hydrogen-bond donors (Lipinski definition) is 1. The van der Waals surface area contributed by atoms with E-state index >= 15 is 0 Å². The van der Waals surface area contributed by atoms with E-state index < -0.39 is 0 Å². The number of benzene rings is 2. The predicted molar refractivity (Wildman–Crippen MR) is 116 cm³/mol. The summed E-state index contributed by atoms with van der Waals surface area (Å²) in [5.41, 5.74) is 1.08. The van der Waals surface area contributed by atoms with E-state index in [1.165, 1.54) is 0 Å². The molecule has 0 saturated carbocycles.